The average molecular weight is 945 g/mol. The van der Waals surface area contributed by atoms with Gasteiger partial charge in [-0.3, -0.25) is 9.13 Å². The van der Waals surface area contributed by atoms with Crippen LogP contribution in [0.3, 0.4) is 0 Å². The molecule has 15 rings (SSSR count). The molecule has 0 atom stereocenters. The number of imidazole rings is 2. The van der Waals surface area contributed by atoms with Gasteiger partial charge in [0.1, 0.15) is 5.69 Å². The maximum atomic E-state index is 14.0. The number of fused-ring (bicyclic) bond motifs is 8. The molecule has 0 radical (unpaired) electrons. The van der Waals surface area contributed by atoms with Crippen molar-refractivity contribution in [2.45, 2.75) is 0 Å². The van der Waals surface area contributed by atoms with Crippen molar-refractivity contribution < 1.29 is 0 Å². The van der Waals surface area contributed by atoms with Crippen LogP contribution in [0.25, 0.3) is 143 Å². The van der Waals surface area contributed by atoms with Gasteiger partial charge >= 0.3 is 11.4 Å². The van der Waals surface area contributed by atoms with E-state index in [4.69, 9.17) is 4.98 Å². The van der Waals surface area contributed by atoms with E-state index in [2.05, 4.69) is 175 Å². The molecule has 0 aromatic heterocycles. The lowest BCUT2D eigenvalue weighted by molar-refractivity contribution is 1.00. The maximum Gasteiger partial charge on any atom is 0.353 e. The van der Waals surface area contributed by atoms with E-state index in [0.29, 0.717) is 11.4 Å². The fourth-order valence-electron chi connectivity index (χ4n) is 11.7. The Morgan fingerprint density at radius 3 is 1.47 bits per heavy atom. The summed E-state index contributed by atoms with van der Waals surface area (Å²) >= 11 is 0. The zero-order valence-corrected chi connectivity index (χ0v) is 39.7. The summed E-state index contributed by atoms with van der Waals surface area (Å²) in [6.45, 7) is 0. The lowest BCUT2D eigenvalue weighted by atomic mass is 9.89. The Labute approximate surface area is 424 Å². The molecule has 0 unspecified atom stereocenters. The molecule has 0 spiro atoms. The fourth-order valence-corrected chi connectivity index (χ4v) is 11.7. The van der Waals surface area contributed by atoms with E-state index >= 15 is 0 Å². The number of hydrogen-bond donors (Lipinski definition) is 0. The molecule has 4 aliphatic rings. The number of hydrogen-bond acceptors (Lipinski definition) is 4. The van der Waals surface area contributed by atoms with E-state index in [0.717, 1.165) is 88.5 Å². The first-order valence-electron chi connectivity index (χ1n) is 24.9. The standard InChI is InChI=1S/C68H40N4O2/c73-67-69-61-14-2-1-3-15-62(61)71(67)50-33-25-43(26-34-50)48-29-36-56-57-37-30-49(40-60(57)55-13-5-4-12-54(55)59(56)39-48)53-11-6-7-16-63-66(53)70-68(74)72(63)51-31-23-42(24-32-51)41-17-19-44(20-18-41)52-35-27-47-22-21-45-9-8-10-46-28-38-58(52)65(47)64(45)46/h1-40H. The Kier molecular flexibility index (Phi) is 9.16. The largest absolute Gasteiger partial charge is 0.353 e. The van der Waals surface area contributed by atoms with Crippen LogP contribution in [-0.2, 0) is 0 Å². The molecule has 74 heavy (non-hydrogen) atoms. The molecule has 2 aliphatic carbocycles. The Balaban J connectivity index is 0.742. The molecule has 6 heteroatoms. The van der Waals surface area contributed by atoms with Crippen LogP contribution < -0.4 is 11.4 Å². The summed E-state index contributed by atoms with van der Waals surface area (Å²) in [6.07, 6.45) is 0. The molecule has 11 aromatic rings. The minimum atomic E-state index is -0.319. The van der Waals surface area contributed by atoms with Crippen LogP contribution in [0.4, 0.5) is 0 Å². The molecule has 0 bridgehead atoms. The Morgan fingerprint density at radius 2 is 0.757 bits per heavy atom. The van der Waals surface area contributed by atoms with Crippen molar-refractivity contribution in [3.8, 4) is 78.7 Å². The van der Waals surface area contributed by atoms with Crippen LogP contribution in [0, 0.1) is 0 Å². The first-order valence-corrected chi connectivity index (χ1v) is 24.9. The summed E-state index contributed by atoms with van der Waals surface area (Å²) in [5, 5.41) is 14.5. The quantitative estimate of drug-likeness (QED) is 0.156. The number of rotatable bonds is 6. The van der Waals surface area contributed by atoms with Crippen LogP contribution in [0.15, 0.2) is 252 Å². The summed E-state index contributed by atoms with van der Waals surface area (Å²) < 4.78 is 3.38. The van der Waals surface area contributed by atoms with Gasteiger partial charge in [0.2, 0.25) is 0 Å². The molecule has 0 fully saturated rings. The summed E-state index contributed by atoms with van der Waals surface area (Å²) in [7, 11) is 0. The van der Waals surface area contributed by atoms with Gasteiger partial charge in [-0.15, -0.1) is 0 Å². The lowest BCUT2D eigenvalue weighted by Crippen LogP contribution is -2.14. The predicted molar refractivity (Wildman–Crippen MR) is 304 cm³/mol. The molecule has 0 amide bonds. The van der Waals surface area contributed by atoms with E-state index < -0.39 is 0 Å². The first kappa shape index (κ1) is 41.7. The molecule has 2 heterocycles. The second-order valence-electron chi connectivity index (χ2n) is 19.2. The second-order valence-corrected chi connectivity index (χ2v) is 19.2. The smallest absolute Gasteiger partial charge is 0.259 e. The van der Waals surface area contributed by atoms with Crippen LogP contribution in [-0.4, -0.2) is 19.1 Å². The van der Waals surface area contributed by atoms with Crippen molar-refractivity contribution in [1.29, 1.82) is 0 Å². The van der Waals surface area contributed by atoms with Gasteiger partial charge < -0.3 is 0 Å². The average Bonchev–Trinajstić information content (AvgIpc) is 3.75. The van der Waals surface area contributed by atoms with Crippen LogP contribution in [0.2, 0.25) is 0 Å². The van der Waals surface area contributed by atoms with Gasteiger partial charge in [0.05, 0.1) is 28.5 Å². The van der Waals surface area contributed by atoms with Crippen molar-refractivity contribution in [3.63, 3.8) is 0 Å². The summed E-state index contributed by atoms with van der Waals surface area (Å²) in [4.78, 5) is 36.0. The molecule has 0 saturated carbocycles. The van der Waals surface area contributed by atoms with Crippen LogP contribution in [0.5, 0.6) is 0 Å². The highest BCUT2D eigenvalue weighted by molar-refractivity contribution is 6.27. The van der Waals surface area contributed by atoms with Gasteiger partial charge in [-0.05, 0) is 158 Å². The first-order chi connectivity index (χ1) is 36.5. The lowest BCUT2D eigenvalue weighted by Gasteiger charge is -2.14. The number of nitrogens with zero attached hydrogens (tertiary/aromatic N) is 4. The van der Waals surface area contributed by atoms with Gasteiger partial charge in [0, 0.05) is 5.56 Å². The fraction of sp³-hybridized carbons (Fsp3) is 0. The molecule has 0 N–H and O–H groups in total. The van der Waals surface area contributed by atoms with Gasteiger partial charge in [0.15, 0.2) is 0 Å². The van der Waals surface area contributed by atoms with E-state index in [1.54, 1.807) is 9.13 Å². The molecular formula is C68H40N4O2. The molecule has 0 saturated heterocycles. The monoisotopic (exact) mass is 944 g/mol. The van der Waals surface area contributed by atoms with Gasteiger partial charge in [0.25, 0.3) is 0 Å². The summed E-state index contributed by atoms with van der Waals surface area (Å²) in [6, 6.07) is 84.5. The Bertz CT molecular complexity index is 4770. The van der Waals surface area contributed by atoms with Gasteiger partial charge in [-0.1, -0.05) is 188 Å². The van der Waals surface area contributed by atoms with Crippen molar-refractivity contribution in [2.24, 2.45) is 0 Å². The van der Waals surface area contributed by atoms with E-state index in [1.807, 2.05) is 72.8 Å². The zero-order chi connectivity index (χ0) is 49.0. The molecule has 344 valence electrons. The van der Waals surface area contributed by atoms with Gasteiger partial charge in [-0.25, -0.2) is 9.59 Å². The predicted octanol–water partition coefficient (Wildman–Crippen LogP) is 16.0. The molecule has 6 nitrogen and oxygen atoms in total. The second kappa shape index (κ2) is 16.2. The minimum Gasteiger partial charge on any atom is -0.259 e. The third-order valence-electron chi connectivity index (χ3n) is 15.2. The van der Waals surface area contributed by atoms with E-state index in [9.17, 15) is 9.59 Å². The number of aromatic nitrogens is 4. The molecule has 11 aromatic carbocycles. The van der Waals surface area contributed by atoms with Crippen molar-refractivity contribution >= 4 is 64.6 Å². The minimum absolute atomic E-state index is 0.293. The normalized spacial score (nSPS) is 11.9. The van der Waals surface area contributed by atoms with Crippen molar-refractivity contribution in [3.05, 3.63) is 264 Å². The van der Waals surface area contributed by atoms with Crippen molar-refractivity contribution in [2.75, 3.05) is 0 Å². The maximum absolute atomic E-state index is 14.0. The Morgan fingerprint density at radius 1 is 0.284 bits per heavy atom. The Hall–Kier alpha value is -10.0. The zero-order valence-electron chi connectivity index (χ0n) is 39.7. The topological polar surface area (TPSA) is 69.8 Å². The molecule has 2 aliphatic heterocycles. The van der Waals surface area contributed by atoms with Crippen LogP contribution >= 0.6 is 0 Å². The summed E-state index contributed by atoms with van der Waals surface area (Å²) in [5.41, 5.74) is 12.3. The highest BCUT2D eigenvalue weighted by atomic mass is 16.1. The van der Waals surface area contributed by atoms with Crippen molar-refractivity contribution in [1.82, 2.24) is 19.1 Å². The number of benzene rings is 11. The van der Waals surface area contributed by atoms with E-state index in [-0.39, 0.29) is 11.4 Å². The highest BCUT2D eigenvalue weighted by Crippen LogP contribution is 2.42. The third-order valence-corrected chi connectivity index (χ3v) is 15.2. The molecular weight excluding hydrogens is 905 g/mol. The summed E-state index contributed by atoms with van der Waals surface area (Å²) in [5.74, 6) is 0. The van der Waals surface area contributed by atoms with Crippen LogP contribution in [0.1, 0.15) is 0 Å². The third kappa shape index (κ3) is 6.45. The van der Waals surface area contributed by atoms with E-state index in [1.165, 1.54) is 43.4 Å². The SMILES string of the molecule is O=c1nc2cccccc-2n1-c1ccc(-c2ccc3c4ccc(-c5ccccc6n(-c7ccc(-c8ccc(-c9ccc%10ccc%11cccc%12ccc9c%10c%11%12)cc8)cc7)c(=O)nc5-6)cc4c4ccccc4c3c2)cc1. The highest BCUT2D eigenvalue weighted by Gasteiger charge is 2.21. The van der Waals surface area contributed by atoms with Gasteiger partial charge in [-0.2, -0.15) is 9.97 Å².